The number of fused-ring (bicyclic) bond motifs is 1. The maximum atomic E-state index is 10.4. The van der Waals surface area contributed by atoms with Gasteiger partial charge in [0.25, 0.3) is 0 Å². The predicted molar refractivity (Wildman–Crippen MR) is 95.9 cm³/mol. The zero-order valence-corrected chi connectivity index (χ0v) is 14.7. The van der Waals surface area contributed by atoms with Crippen molar-refractivity contribution in [3.05, 3.63) is 52.0 Å². The molecule has 0 spiro atoms. The van der Waals surface area contributed by atoms with Crippen LogP contribution in [0, 0.1) is 13.8 Å². The molecule has 3 aromatic rings. The first kappa shape index (κ1) is 16.2. The van der Waals surface area contributed by atoms with Crippen LogP contribution in [0.3, 0.4) is 0 Å². The highest BCUT2D eigenvalue weighted by atomic mass is 32.1. The van der Waals surface area contributed by atoms with Gasteiger partial charge in [-0.2, -0.15) is 11.3 Å². The molecular weight excluding hydrogens is 306 g/mol. The number of aliphatic hydroxyl groups excluding tert-OH is 1. The van der Waals surface area contributed by atoms with Crippen LogP contribution in [-0.4, -0.2) is 39.3 Å². The van der Waals surface area contributed by atoms with E-state index in [9.17, 15) is 5.11 Å². The second-order valence-corrected chi connectivity index (χ2v) is 7.08. The quantitative estimate of drug-likeness (QED) is 0.755. The van der Waals surface area contributed by atoms with Crippen LogP contribution >= 0.6 is 11.3 Å². The molecule has 1 N–H and O–H groups in total. The van der Waals surface area contributed by atoms with E-state index in [1.807, 2.05) is 17.9 Å². The molecule has 3 rings (SSSR count). The van der Waals surface area contributed by atoms with E-state index >= 15 is 0 Å². The van der Waals surface area contributed by atoms with Crippen molar-refractivity contribution in [3.63, 3.8) is 0 Å². The second-order valence-electron chi connectivity index (χ2n) is 6.30. The number of aryl methyl sites for hydroxylation is 2. The molecule has 0 radical (unpaired) electrons. The van der Waals surface area contributed by atoms with E-state index in [0.717, 1.165) is 17.6 Å². The van der Waals surface area contributed by atoms with E-state index in [0.29, 0.717) is 13.1 Å². The summed E-state index contributed by atoms with van der Waals surface area (Å²) in [5.74, 6) is 0. The van der Waals surface area contributed by atoms with Crippen molar-refractivity contribution in [2.24, 2.45) is 0 Å². The Balaban J connectivity index is 1.65. The Labute approximate surface area is 141 Å². The van der Waals surface area contributed by atoms with Crippen LogP contribution in [0.5, 0.6) is 0 Å². The normalized spacial score (nSPS) is 13.1. The fourth-order valence-electron chi connectivity index (χ4n) is 2.86. The van der Waals surface area contributed by atoms with Gasteiger partial charge >= 0.3 is 0 Å². The maximum Gasteiger partial charge on any atom is 0.0959 e. The van der Waals surface area contributed by atoms with Gasteiger partial charge in [-0.05, 0) is 66.5 Å². The van der Waals surface area contributed by atoms with Gasteiger partial charge in [-0.1, -0.05) is 0 Å². The lowest BCUT2D eigenvalue weighted by Crippen LogP contribution is -2.31. The number of hydrogen-bond acceptors (Lipinski definition) is 4. The topological polar surface area (TPSA) is 41.3 Å². The number of rotatable bonds is 6. The molecular formula is C18H23N3OS. The zero-order valence-electron chi connectivity index (χ0n) is 13.9. The number of nitrogens with zero attached hydrogens (tertiary/aromatic N) is 3. The van der Waals surface area contributed by atoms with Crippen molar-refractivity contribution < 1.29 is 5.11 Å². The average Bonchev–Trinajstić information content (AvgIpc) is 3.11. The summed E-state index contributed by atoms with van der Waals surface area (Å²) in [5, 5.41) is 14.7. The highest BCUT2D eigenvalue weighted by Crippen LogP contribution is 2.19. The average molecular weight is 329 g/mol. The Morgan fingerprint density at radius 2 is 2.09 bits per heavy atom. The summed E-state index contributed by atoms with van der Waals surface area (Å²) in [6, 6.07) is 6.39. The van der Waals surface area contributed by atoms with Crippen LogP contribution in [0.25, 0.3) is 11.0 Å². The molecule has 1 aromatic carbocycles. The first-order valence-electron chi connectivity index (χ1n) is 7.82. The summed E-state index contributed by atoms with van der Waals surface area (Å²) in [6.45, 7) is 6.27. The van der Waals surface area contributed by atoms with Crippen molar-refractivity contribution in [2.45, 2.75) is 33.0 Å². The molecule has 2 aromatic heterocycles. The Kier molecular flexibility index (Phi) is 4.80. The minimum atomic E-state index is -0.419. The first-order valence-corrected chi connectivity index (χ1v) is 8.77. The van der Waals surface area contributed by atoms with Crippen molar-refractivity contribution in [3.8, 4) is 0 Å². The Bertz CT molecular complexity index is 779. The Morgan fingerprint density at radius 3 is 2.83 bits per heavy atom. The highest BCUT2D eigenvalue weighted by Gasteiger charge is 2.12. The molecule has 4 nitrogen and oxygen atoms in total. The van der Waals surface area contributed by atoms with Gasteiger partial charge in [0.2, 0.25) is 0 Å². The number of likely N-dealkylation sites (N-methyl/N-ethyl adjacent to an activating group) is 1. The van der Waals surface area contributed by atoms with Crippen molar-refractivity contribution in [2.75, 3.05) is 13.6 Å². The molecule has 0 aliphatic rings. The van der Waals surface area contributed by atoms with Gasteiger partial charge in [0.05, 0.1) is 30.0 Å². The summed E-state index contributed by atoms with van der Waals surface area (Å²) in [7, 11) is 2.04. The van der Waals surface area contributed by atoms with E-state index in [1.54, 1.807) is 11.3 Å². The number of thiophene rings is 1. The fourth-order valence-corrected chi connectivity index (χ4v) is 3.52. The standard InChI is InChI=1S/C18H23N3OS/c1-13-6-17-18(7-14(13)2)21(12-19-17)10-16(22)9-20(3)8-15-4-5-23-11-15/h4-7,11-12,16,22H,8-10H2,1-3H3. The first-order chi connectivity index (χ1) is 11.0. The molecule has 0 saturated heterocycles. The number of hydrogen-bond donors (Lipinski definition) is 1. The van der Waals surface area contributed by atoms with Crippen molar-refractivity contribution in [1.82, 2.24) is 14.5 Å². The van der Waals surface area contributed by atoms with Gasteiger partial charge in [-0.15, -0.1) is 0 Å². The molecule has 5 heteroatoms. The lowest BCUT2D eigenvalue weighted by Gasteiger charge is -2.20. The van der Waals surface area contributed by atoms with Crippen LogP contribution in [0.1, 0.15) is 16.7 Å². The van der Waals surface area contributed by atoms with Crippen LogP contribution in [0.2, 0.25) is 0 Å². The summed E-state index contributed by atoms with van der Waals surface area (Å²) < 4.78 is 2.05. The van der Waals surface area contributed by atoms with E-state index in [1.165, 1.54) is 16.7 Å². The van der Waals surface area contributed by atoms with Gasteiger partial charge in [0.1, 0.15) is 0 Å². The van der Waals surface area contributed by atoms with Gasteiger partial charge < -0.3 is 9.67 Å². The molecule has 23 heavy (non-hydrogen) atoms. The third-order valence-electron chi connectivity index (χ3n) is 4.20. The zero-order chi connectivity index (χ0) is 16.4. The fraction of sp³-hybridized carbons (Fsp3) is 0.389. The molecule has 1 atom stereocenters. The summed E-state index contributed by atoms with van der Waals surface area (Å²) in [6.07, 6.45) is 1.41. The van der Waals surface area contributed by atoms with E-state index in [2.05, 4.69) is 52.7 Å². The minimum Gasteiger partial charge on any atom is -0.390 e. The number of imidazole rings is 1. The lowest BCUT2D eigenvalue weighted by molar-refractivity contribution is 0.108. The van der Waals surface area contributed by atoms with Gasteiger partial charge in [0, 0.05) is 13.1 Å². The molecule has 0 bridgehead atoms. The predicted octanol–water partition coefficient (Wildman–Crippen LogP) is 3.21. The maximum absolute atomic E-state index is 10.4. The molecule has 0 saturated carbocycles. The molecule has 2 heterocycles. The van der Waals surface area contributed by atoms with Crippen molar-refractivity contribution >= 4 is 22.4 Å². The highest BCUT2D eigenvalue weighted by molar-refractivity contribution is 7.07. The Morgan fingerprint density at radius 1 is 1.30 bits per heavy atom. The van der Waals surface area contributed by atoms with E-state index in [-0.39, 0.29) is 0 Å². The molecule has 0 amide bonds. The largest absolute Gasteiger partial charge is 0.390 e. The number of aliphatic hydroxyl groups is 1. The number of benzene rings is 1. The lowest BCUT2D eigenvalue weighted by atomic mass is 10.1. The van der Waals surface area contributed by atoms with E-state index < -0.39 is 6.10 Å². The van der Waals surface area contributed by atoms with Crippen molar-refractivity contribution in [1.29, 1.82) is 0 Å². The summed E-state index contributed by atoms with van der Waals surface area (Å²) in [4.78, 5) is 6.61. The van der Waals surface area contributed by atoms with Crippen LogP contribution in [-0.2, 0) is 13.1 Å². The second kappa shape index (κ2) is 6.83. The summed E-state index contributed by atoms with van der Waals surface area (Å²) in [5.41, 5.74) is 5.88. The van der Waals surface area contributed by atoms with Gasteiger partial charge in [-0.25, -0.2) is 4.98 Å². The molecule has 0 aliphatic carbocycles. The van der Waals surface area contributed by atoms with Gasteiger partial charge in [-0.3, -0.25) is 4.90 Å². The van der Waals surface area contributed by atoms with E-state index in [4.69, 9.17) is 0 Å². The number of aromatic nitrogens is 2. The monoisotopic (exact) mass is 329 g/mol. The molecule has 0 fully saturated rings. The Hall–Kier alpha value is -1.69. The molecule has 0 aliphatic heterocycles. The third-order valence-corrected chi connectivity index (χ3v) is 4.93. The van der Waals surface area contributed by atoms with Crippen LogP contribution in [0.4, 0.5) is 0 Å². The molecule has 1 unspecified atom stereocenters. The van der Waals surface area contributed by atoms with Crippen LogP contribution < -0.4 is 0 Å². The SMILES string of the molecule is Cc1cc2ncn(CC(O)CN(C)Cc3ccsc3)c2cc1C. The van der Waals surface area contributed by atoms with Crippen LogP contribution in [0.15, 0.2) is 35.3 Å². The van der Waals surface area contributed by atoms with Gasteiger partial charge in [0.15, 0.2) is 0 Å². The smallest absolute Gasteiger partial charge is 0.0959 e. The third kappa shape index (κ3) is 3.80. The molecule has 122 valence electrons. The summed E-state index contributed by atoms with van der Waals surface area (Å²) >= 11 is 1.71. The minimum absolute atomic E-state index is 0.419.